The zero-order valence-electron chi connectivity index (χ0n) is 17.8. The van der Waals surface area contributed by atoms with Crippen molar-refractivity contribution < 1.29 is 40.3 Å². The van der Waals surface area contributed by atoms with Gasteiger partial charge in [-0.05, 0) is 6.42 Å². The Morgan fingerprint density at radius 1 is 0.633 bits per heavy atom. The molecule has 0 saturated heterocycles. The lowest BCUT2D eigenvalue weighted by atomic mass is 10.0. The van der Waals surface area contributed by atoms with Gasteiger partial charge in [0.05, 0.1) is 0 Å². The van der Waals surface area contributed by atoms with Gasteiger partial charge in [-0.2, -0.15) is 30.7 Å². The molecular weight excluding hydrogens is 417 g/mol. The fraction of sp³-hybridized carbons (Fsp3) is 0.952. The van der Waals surface area contributed by atoms with Crippen LogP contribution < -0.4 is 0 Å². The number of carbonyl (C=O) groups excluding carboxylic acids is 1. The Morgan fingerprint density at radius 3 is 1.37 bits per heavy atom. The summed E-state index contributed by atoms with van der Waals surface area (Å²) in [5.74, 6) is -13.0. The highest BCUT2D eigenvalue weighted by molar-refractivity contribution is 5.69. The van der Waals surface area contributed by atoms with Crippen LogP contribution in [0, 0.1) is 0 Å². The molecule has 0 saturated carbocycles. The van der Waals surface area contributed by atoms with Crippen LogP contribution in [0.3, 0.4) is 0 Å². The van der Waals surface area contributed by atoms with E-state index in [4.69, 9.17) is 0 Å². The molecule has 0 aliphatic rings. The number of alkyl halides is 7. The molecule has 0 N–H and O–H groups in total. The van der Waals surface area contributed by atoms with Crippen LogP contribution in [0.15, 0.2) is 0 Å². The number of carbonyl (C=O) groups is 1. The minimum absolute atomic E-state index is 0.286. The second-order valence-corrected chi connectivity index (χ2v) is 7.78. The first-order valence-corrected chi connectivity index (χ1v) is 10.9. The molecule has 2 nitrogen and oxygen atoms in total. The molecule has 0 aliphatic carbocycles. The van der Waals surface area contributed by atoms with Crippen molar-refractivity contribution in [1.82, 2.24) is 0 Å². The Kier molecular flexibility index (Phi) is 14.4. The maximum atomic E-state index is 13.0. The van der Waals surface area contributed by atoms with Gasteiger partial charge in [0.1, 0.15) is 0 Å². The molecule has 0 aliphatic heterocycles. The van der Waals surface area contributed by atoms with Crippen LogP contribution in [0.2, 0.25) is 0 Å². The molecule has 0 fully saturated rings. The molecule has 0 amide bonds. The fourth-order valence-corrected chi connectivity index (χ4v) is 3.01. The number of hydrogen-bond donors (Lipinski definition) is 0. The summed E-state index contributed by atoms with van der Waals surface area (Å²) in [5, 5.41) is 0. The van der Waals surface area contributed by atoms with Crippen LogP contribution in [0.4, 0.5) is 30.7 Å². The standard InChI is InChI=1S/C21H35F7O2/c1-2-3-4-5-6-7-8-9-10-11-12-13-14-15-16-18(29)30-17-19(22,23)20(24,25)21(26,27)28/h2-17H2,1H3. The van der Waals surface area contributed by atoms with Gasteiger partial charge in [-0.25, -0.2) is 0 Å². The van der Waals surface area contributed by atoms with E-state index in [9.17, 15) is 35.5 Å². The molecule has 0 radical (unpaired) electrons. The van der Waals surface area contributed by atoms with Crippen molar-refractivity contribution in [3.05, 3.63) is 0 Å². The summed E-state index contributed by atoms with van der Waals surface area (Å²) in [5.41, 5.74) is 0. The molecule has 0 atom stereocenters. The molecule has 9 heteroatoms. The minimum Gasteiger partial charge on any atom is -0.459 e. The van der Waals surface area contributed by atoms with Gasteiger partial charge in [0, 0.05) is 6.42 Å². The Morgan fingerprint density at radius 2 is 1.00 bits per heavy atom. The van der Waals surface area contributed by atoms with Gasteiger partial charge in [0.25, 0.3) is 0 Å². The third-order valence-corrected chi connectivity index (χ3v) is 4.96. The van der Waals surface area contributed by atoms with E-state index in [1.54, 1.807) is 0 Å². The highest BCUT2D eigenvalue weighted by atomic mass is 19.4. The zero-order chi connectivity index (χ0) is 23.1. The second kappa shape index (κ2) is 14.9. The third-order valence-electron chi connectivity index (χ3n) is 4.96. The van der Waals surface area contributed by atoms with Crippen LogP contribution in [0.1, 0.15) is 103 Å². The molecule has 0 bridgehead atoms. The first kappa shape index (κ1) is 29.0. The maximum Gasteiger partial charge on any atom is 0.460 e. The van der Waals surface area contributed by atoms with Gasteiger partial charge in [0.2, 0.25) is 0 Å². The molecule has 180 valence electrons. The predicted octanol–water partition coefficient (Wildman–Crippen LogP) is 8.23. The Hall–Kier alpha value is -1.02. The Bertz CT molecular complexity index is 451. The van der Waals surface area contributed by atoms with E-state index >= 15 is 0 Å². The summed E-state index contributed by atoms with van der Waals surface area (Å²) in [6.45, 7) is -0.101. The number of ether oxygens (including phenoxy) is 1. The van der Waals surface area contributed by atoms with Gasteiger partial charge in [-0.3, -0.25) is 4.79 Å². The number of esters is 1. The van der Waals surface area contributed by atoms with E-state index in [0.717, 1.165) is 25.7 Å². The lowest BCUT2D eigenvalue weighted by molar-refractivity contribution is -0.359. The molecule has 0 unspecified atom stereocenters. The lowest BCUT2D eigenvalue weighted by Gasteiger charge is -2.27. The third kappa shape index (κ3) is 12.0. The second-order valence-electron chi connectivity index (χ2n) is 7.78. The van der Waals surface area contributed by atoms with Crippen molar-refractivity contribution in [2.75, 3.05) is 6.61 Å². The average molecular weight is 452 g/mol. The van der Waals surface area contributed by atoms with Crippen LogP contribution in [0.5, 0.6) is 0 Å². The molecule has 0 rings (SSSR count). The van der Waals surface area contributed by atoms with Crippen LogP contribution in [-0.4, -0.2) is 30.6 Å². The SMILES string of the molecule is CCCCCCCCCCCCCCCCC(=O)OCC(F)(F)C(F)(F)C(F)(F)F. The van der Waals surface area contributed by atoms with Gasteiger partial charge in [-0.1, -0.05) is 90.4 Å². The monoisotopic (exact) mass is 452 g/mol. The van der Waals surface area contributed by atoms with Crippen LogP contribution in [0.25, 0.3) is 0 Å². The molecule has 0 spiro atoms. The van der Waals surface area contributed by atoms with Crippen molar-refractivity contribution in [3.8, 4) is 0 Å². The Labute approximate surface area is 174 Å². The lowest BCUT2D eigenvalue weighted by Crippen LogP contribution is -2.54. The van der Waals surface area contributed by atoms with Gasteiger partial charge in [-0.15, -0.1) is 0 Å². The van der Waals surface area contributed by atoms with Crippen molar-refractivity contribution >= 4 is 5.97 Å². The number of unbranched alkanes of at least 4 members (excludes halogenated alkanes) is 13. The van der Waals surface area contributed by atoms with E-state index in [0.29, 0.717) is 12.8 Å². The molecular formula is C21H35F7O2. The number of hydrogen-bond acceptors (Lipinski definition) is 2. The summed E-state index contributed by atoms with van der Waals surface area (Å²) in [4.78, 5) is 11.3. The van der Waals surface area contributed by atoms with Gasteiger partial charge in [0.15, 0.2) is 6.61 Å². The molecule has 0 aromatic rings. The summed E-state index contributed by atoms with van der Waals surface area (Å²) in [6, 6.07) is 0. The van der Waals surface area contributed by atoms with E-state index in [-0.39, 0.29) is 6.42 Å². The van der Waals surface area contributed by atoms with Crippen molar-refractivity contribution in [1.29, 1.82) is 0 Å². The summed E-state index contributed by atoms with van der Waals surface area (Å²) >= 11 is 0. The number of rotatable bonds is 18. The summed E-state index contributed by atoms with van der Waals surface area (Å²) in [7, 11) is 0. The van der Waals surface area contributed by atoms with Gasteiger partial charge < -0.3 is 4.74 Å². The molecule has 0 aromatic heterocycles. The molecule has 30 heavy (non-hydrogen) atoms. The quantitative estimate of drug-likeness (QED) is 0.119. The first-order chi connectivity index (χ1) is 14.0. The predicted molar refractivity (Wildman–Crippen MR) is 102 cm³/mol. The van der Waals surface area contributed by atoms with Crippen molar-refractivity contribution in [2.24, 2.45) is 0 Å². The van der Waals surface area contributed by atoms with E-state index in [1.165, 1.54) is 51.4 Å². The van der Waals surface area contributed by atoms with Crippen LogP contribution >= 0.6 is 0 Å². The highest BCUT2D eigenvalue weighted by Crippen LogP contribution is 2.46. The highest BCUT2D eigenvalue weighted by Gasteiger charge is 2.73. The van der Waals surface area contributed by atoms with Crippen molar-refractivity contribution in [3.63, 3.8) is 0 Å². The van der Waals surface area contributed by atoms with E-state index in [1.807, 2.05) is 0 Å². The topological polar surface area (TPSA) is 26.3 Å². The largest absolute Gasteiger partial charge is 0.460 e. The summed E-state index contributed by atoms with van der Waals surface area (Å²) < 4.78 is 91.3. The van der Waals surface area contributed by atoms with Crippen molar-refractivity contribution in [2.45, 2.75) is 121 Å². The normalized spacial score (nSPS) is 12.9. The van der Waals surface area contributed by atoms with E-state index < -0.39 is 30.6 Å². The molecule has 0 aromatic carbocycles. The molecule has 0 heterocycles. The smallest absolute Gasteiger partial charge is 0.459 e. The van der Waals surface area contributed by atoms with E-state index in [2.05, 4.69) is 11.7 Å². The Balaban J connectivity index is 3.65. The van der Waals surface area contributed by atoms with Crippen LogP contribution in [-0.2, 0) is 9.53 Å². The minimum atomic E-state index is -6.42. The average Bonchev–Trinajstić information content (AvgIpc) is 2.65. The number of halogens is 7. The first-order valence-electron chi connectivity index (χ1n) is 10.9. The fourth-order valence-electron chi connectivity index (χ4n) is 3.01. The summed E-state index contributed by atoms with van der Waals surface area (Å²) in [6.07, 6.45) is 8.42. The zero-order valence-corrected chi connectivity index (χ0v) is 17.8. The van der Waals surface area contributed by atoms with Gasteiger partial charge >= 0.3 is 24.0 Å². The maximum absolute atomic E-state index is 13.0.